The highest BCUT2D eigenvalue weighted by molar-refractivity contribution is 5.97. The fraction of sp³-hybridized carbons (Fsp3) is 0.188. The molecule has 4 heteroatoms. The van der Waals surface area contributed by atoms with Gasteiger partial charge in [-0.25, -0.2) is 4.39 Å². The zero-order valence-corrected chi connectivity index (χ0v) is 11.0. The quantitative estimate of drug-likeness (QED) is 0.852. The Morgan fingerprint density at radius 2 is 2.05 bits per heavy atom. The first kappa shape index (κ1) is 12.7. The summed E-state index contributed by atoms with van der Waals surface area (Å²) in [5.74, 6) is -0.438. The summed E-state index contributed by atoms with van der Waals surface area (Å²) in [4.78, 5) is 14.1. The fourth-order valence-electron chi connectivity index (χ4n) is 2.56. The highest BCUT2D eigenvalue weighted by Gasteiger charge is 2.25. The van der Waals surface area contributed by atoms with Crippen molar-refractivity contribution in [2.75, 3.05) is 17.2 Å². The van der Waals surface area contributed by atoms with Gasteiger partial charge in [-0.05, 0) is 35.7 Å². The van der Waals surface area contributed by atoms with Gasteiger partial charge in [0.15, 0.2) is 0 Å². The van der Waals surface area contributed by atoms with Gasteiger partial charge in [0.05, 0.1) is 6.42 Å². The van der Waals surface area contributed by atoms with Crippen LogP contribution in [0.5, 0.6) is 0 Å². The van der Waals surface area contributed by atoms with Crippen LogP contribution in [0.2, 0.25) is 0 Å². The van der Waals surface area contributed by atoms with Gasteiger partial charge in [0.2, 0.25) is 5.91 Å². The van der Waals surface area contributed by atoms with Crippen molar-refractivity contribution in [2.24, 2.45) is 0 Å². The largest absolute Gasteiger partial charge is 0.399 e. The third-order valence-electron chi connectivity index (χ3n) is 3.61. The molecular weight excluding hydrogens is 255 g/mol. The number of hydrogen-bond donors (Lipinski definition) is 1. The van der Waals surface area contributed by atoms with Crippen LogP contribution in [0.25, 0.3) is 0 Å². The lowest BCUT2D eigenvalue weighted by Gasteiger charge is -2.18. The molecule has 1 aliphatic rings. The van der Waals surface area contributed by atoms with Crippen molar-refractivity contribution in [3.05, 3.63) is 59.4 Å². The molecule has 102 valence electrons. The number of amides is 1. The van der Waals surface area contributed by atoms with Crippen molar-refractivity contribution < 1.29 is 9.18 Å². The number of carbonyl (C=O) groups excluding carboxylic acids is 1. The minimum Gasteiger partial charge on any atom is -0.399 e. The summed E-state index contributed by atoms with van der Waals surface area (Å²) in [5, 5.41) is 0. The van der Waals surface area contributed by atoms with Gasteiger partial charge >= 0.3 is 0 Å². The Balaban J connectivity index is 1.84. The van der Waals surface area contributed by atoms with Gasteiger partial charge in [0.1, 0.15) is 5.82 Å². The summed E-state index contributed by atoms with van der Waals surface area (Å²) in [6.45, 7) is 0.631. The number of nitrogen functional groups attached to an aromatic ring is 1. The van der Waals surface area contributed by atoms with Crippen LogP contribution in [0.1, 0.15) is 11.1 Å². The summed E-state index contributed by atoms with van der Waals surface area (Å²) < 4.78 is 13.6. The molecule has 3 rings (SSSR count). The van der Waals surface area contributed by atoms with E-state index in [9.17, 15) is 9.18 Å². The minimum atomic E-state index is -0.340. The molecule has 2 aromatic carbocycles. The molecule has 0 atom stereocenters. The molecule has 1 aliphatic heterocycles. The molecular formula is C16H15FN2O. The number of rotatable bonds is 2. The molecule has 0 saturated heterocycles. The van der Waals surface area contributed by atoms with E-state index in [1.807, 2.05) is 18.2 Å². The van der Waals surface area contributed by atoms with E-state index in [0.717, 1.165) is 17.7 Å². The SMILES string of the molecule is Nc1ccc2c(c1)N(C(=O)Cc1ccccc1F)CC2. The summed E-state index contributed by atoms with van der Waals surface area (Å²) in [5.41, 5.74) is 8.80. The number of benzene rings is 2. The number of carbonyl (C=O) groups is 1. The van der Waals surface area contributed by atoms with Gasteiger partial charge in [-0.2, -0.15) is 0 Å². The predicted molar refractivity (Wildman–Crippen MR) is 77.0 cm³/mol. The van der Waals surface area contributed by atoms with E-state index < -0.39 is 0 Å². The molecule has 0 unspecified atom stereocenters. The lowest BCUT2D eigenvalue weighted by Crippen LogP contribution is -2.30. The fourth-order valence-corrected chi connectivity index (χ4v) is 2.56. The molecule has 0 saturated carbocycles. The standard InChI is InChI=1S/C16H15FN2O/c17-14-4-2-1-3-12(14)9-16(20)19-8-7-11-5-6-13(18)10-15(11)19/h1-6,10H,7-9,18H2. The highest BCUT2D eigenvalue weighted by Crippen LogP contribution is 2.30. The van der Waals surface area contributed by atoms with Crippen molar-refractivity contribution >= 4 is 17.3 Å². The zero-order valence-electron chi connectivity index (χ0n) is 11.0. The normalized spacial score (nSPS) is 13.3. The lowest BCUT2D eigenvalue weighted by molar-refractivity contribution is -0.117. The average molecular weight is 270 g/mol. The molecule has 0 bridgehead atoms. The third kappa shape index (κ3) is 2.25. The monoisotopic (exact) mass is 270 g/mol. The van der Waals surface area contributed by atoms with E-state index in [2.05, 4.69) is 0 Å². The van der Waals surface area contributed by atoms with E-state index in [1.54, 1.807) is 23.1 Å². The highest BCUT2D eigenvalue weighted by atomic mass is 19.1. The van der Waals surface area contributed by atoms with Gasteiger partial charge in [0, 0.05) is 17.9 Å². The smallest absolute Gasteiger partial charge is 0.231 e. The van der Waals surface area contributed by atoms with Crippen molar-refractivity contribution in [2.45, 2.75) is 12.8 Å². The predicted octanol–water partition coefficient (Wildman–Crippen LogP) is 2.54. The molecule has 2 aromatic rings. The molecule has 2 N–H and O–H groups in total. The second kappa shape index (κ2) is 4.96. The molecule has 0 fully saturated rings. The van der Waals surface area contributed by atoms with Crippen LogP contribution in [-0.2, 0) is 17.6 Å². The molecule has 0 radical (unpaired) electrons. The number of nitrogens with two attached hydrogens (primary N) is 1. The molecule has 0 aliphatic carbocycles. The number of anilines is 2. The summed E-state index contributed by atoms with van der Waals surface area (Å²) in [7, 11) is 0. The van der Waals surface area contributed by atoms with Gasteiger partial charge < -0.3 is 10.6 Å². The van der Waals surface area contributed by atoms with E-state index in [4.69, 9.17) is 5.73 Å². The number of nitrogens with zero attached hydrogens (tertiary/aromatic N) is 1. The van der Waals surface area contributed by atoms with Gasteiger partial charge in [-0.3, -0.25) is 4.79 Å². The first-order chi connectivity index (χ1) is 9.65. The Morgan fingerprint density at radius 1 is 1.25 bits per heavy atom. The Labute approximate surface area is 116 Å². The number of fused-ring (bicyclic) bond motifs is 1. The second-order valence-corrected chi connectivity index (χ2v) is 4.95. The Hall–Kier alpha value is -2.36. The van der Waals surface area contributed by atoms with Crippen LogP contribution in [0.3, 0.4) is 0 Å². The first-order valence-corrected chi connectivity index (χ1v) is 6.57. The maximum absolute atomic E-state index is 13.6. The summed E-state index contributed by atoms with van der Waals surface area (Å²) in [6.07, 6.45) is 0.888. The Kier molecular flexibility index (Phi) is 3.14. The van der Waals surface area contributed by atoms with Crippen LogP contribution in [-0.4, -0.2) is 12.5 Å². The molecule has 1 amide bonds. The van der Waals surface area contributed by atoms with E-state index in [1.165, 1.54) is 6.07 Å². The van der Waals surface area contributed by atoms with Crippen molar-refractivity contribution in [1.29, 1.82) is 0 Å². The summed E-state index contributed by atoms with van der Waals surface area (Å²) in [6, 6.07) is 12.0. The number of hydrogen-bond acceptors (Lipinski definition) is 2. The van der Waals surface area contributed by atoms with Crippen LogP contribution in [0.4, 0.5) is 15.8 Å². The van der Waals surface area contributed by atoms with Crippen molar-refractivity contribution in [3.63, 3.8) is 0 Å². The van der Waals surface area contributed by atoms with Crippen LogP contribution >= 0.6 is 0 Å². The topological polar surface area (TPSA) is 46.3 Å². The molecule has 1 heterocycles. The van der Waals surface area contributed by atoms with Gasteiger partial charge in [-0.1, -0.05) is 24.3 Å². The van der Waals surface area contributed by atoms with E-state index in [-0.39, 0.29) is 18.1 Å². The van der Waals surface area contributed by atoms with Crippen LogP contribution in [0.15, 0.2) is 42.5 Å². The summed E-state index contributed by atoms with van der Waals surface area (Å²) >= 11 is 0. The number of halogens is 1. The Morgan fingerprint density at radius 3 is 2.85 bits per heavy atom. The van der Waals surface area contributed by atoms with Crippen LogP contribution in [0, 0.1) is 5.82 Å². The maximum Gasteiger partial charge on any atom is 0.231 e. The van der Waals surface area contributed by atoms with E-state index in [0.29, 0.717) is 17.8 Å². The van der Waals surface area contributed by atoms with Crippen LogP contribution < -0.4 is 10.6 Å². The molecule has 3 nitrogen and oxygen atoms in total. The first-order valence-electron chi connectivity index (χ1n) is 6.57. The molecule has 20 heavy (non-hydrogen) atoms. The lowest BCUT2D eigenvalue weighted by atomic mass is 10.1. The maximum atomic E-state index is 13.6. The minimum absolute atomic E-state index is 0.0703. The average Bonchev–Trinajstić information content (AvgIpc) is 2.84. The molecule has 0 aromatic heterocycles. The second-order valence-electron chi connectivity index (χ2n) is 4.95. The van der Waals surface area contributed by atoms with Gasteiger partial charge in [0.25, 0.3) is 0 Å². The van der Waals surface area contributed by atoms with E-state index >= 15 is 0 Å². The molecule has 0 spiro atoms. The van der Waals surface area contributed by atoms with Crippen molar-refractivity contribution in [1.82, 2.24) is 0 Å². The van der Waals surface area contributed by atoms with Gasteiger partial charge in [-0.15, -0.1) is 0 Å². The third-order valence-corrected chi connectivity index (χ3v) is 3.61. The Bertz CT molecular complexity index is 669. The zero-order chi connectivity index (χ0) is 14.1. The van der Waals surface area contributed by atoms with Crippen molar-refractivity contribution in [3.8, 4) is 0 Å².